The van der Waals surface area contributed by atoms with Gasteiger partial charge in [-0.2, -0.15) is 0 Å². The molecule has 14 aliphatic rings. The molecule has 0 spiro atoms. The van der Waals surface area contributed by atoms with Gasteiger partial charge in [-0.3, -0.25) is 0 Å². The van der Waals surface area contributed by atoms with Crippen LogP contribution >= 0.6 is 0 Å². The van der Waals surface area contributed by atoms with Crippen molar-refractivity contribution in [2.24, 2.45) is 0 Å². The Bertz CT molecular complexity index is 2150. The van der Waals surface area contributed by atoms with Gasteiger partial charge in [-0.25, -0.2) is 0 Å². The summed E-state index contributed by atoms with van der Waals surface area (Å²) in [4.78, 5) is 0. The van der Waals surface area contributed by atoms with Crippen LogP contribution in [0.1, 0.15) is 241 Å². The van der Waals surface area contributed by atoms with Gasteiger partial charge >= 0.3 is 70.4 Å². The van der Waals surface area contributed by atoms with Crippen LogP contribution in [0.2, 0.25) is 38.8 Å². The Kier molecular flexibility index (Phi) is 13.9. The summed E-state index contributed by atoms with van der Waals surface area (Å²) in [6, 6.07) is 18.1. The van der Waals surface area contributed by atoms with Crippen LogP contribution in [0.15, 0.2) is 48.5 Å². The fourth-order valence-electron chi connectivity index (χ4n) is 17.5. The van der Waals surface area contributed by atoms with Crippen LogP contribution in [-0.4, -0.2) is 70.4 Å². The summed E-state index contributed by atoms with van der Waals surface area (Å²) in [5, 5.41) is 0. The van der Waals surface area contributed by atoms with Gasteiger partial charge in [0.25, 0.3) is 0 Å². The molecule has 0 unspecified atom stereocenters. The predicted octanol–water partition coefficient (Wildman–Crippen LogP) is 15.5. The molecule has 20 heteroatoms. The third-order valence-corrected chi connectivity index (χ3v) is 61.0. The van der Waals surface area contributed by atoms with Crippen LogP contribution in [-0.2, 0) is 49.4 Å². The van der Waals surface area contributed by atoms with E-state index in [2.05, 4.69) is 48.5 Å². The van der Waals surface area contributed by atoms with Crippen molar-refractivity contribution in [2.45, 2.75) is 269 Å². The number of hydrogen-bond donors (Lipinski definition) is 0. The zero-order valence-electron chi connectivity index (χ0n) is 44.9. The van der Waals surface area contributed by atoms with Gasteiger partial charge in [-0.1, -0.05) is 183 Å². The van der Waals surface area contributed by atoms with Crippen molar-refractivity contribution < 1.29 is 49.4 Å². The zero-order chi connectivity index (χ0) is 49.8. The van der Waals surface area contributed by atoms with E-state index in [4.69, 9.17) is 49.4 Å². The maximum Gasteiger partial charge on any atom is 0.491 e. The highest BCUT2D eigenvalue weighted by Gasteiger charge is 2.89. The largest absolute Gasteiger partial charge is 0.491 e. The van der Waals surface area contributed by atoms with E-state index < -0.39 is 76.0 Å². The normalized spacial score (nSPS) is 43.1. The lowest BCUT2D eigenvalue weighted by atomic mass is 10.0. The summed E-state index contributed by atoms with van der Waals surface area (Å²) in [5.74, 6) is 0. The second-order valence-corrected chi connectivity index (χ2v) is 51.8. The van der Waals surface area contributed by atoms with Gasteiger partial charge in [0.05, 0.1) is 5.54 Å². The van der Waals surface area contributed by atoms with Gasteiger partial charge in [0.2, 0.25) is 0 Å². The molecule has 0 atom stereocenters. The molecule has 8 bridgehead atoms. The van der Waals surface area contributed by atoms with Crippen molar-refractivity contribution >= 4 is 70.4 Å². The third kappa shape index (κ3) is 8.61. The van der Waals surface area contributed by atoms with E-state index >= 15 is 0 Å². The van der Waals surface area contributed by atoms with Gasteiger partial charge in [0.15, 0.2) is 0 Å². The van der Waals surface area contributed by atoms with Crippen LogP contribution in [0.5, 0.6) is 0 Å². The fraction of sp³-hybridized carbons (Fsp3) is 0.782. The average Bonchev–Trinajstić information content (AvgIpc) is 3.93. The van der Waals surface area contributed by atoms with Crippen LogP contribution < -0.4 is 0 Å². The molecule has 8 aliphatic carbocycles. The molecule has 13 fully saturated rings. The first-order chi connectivity index (χ1) is 36.8. The molecule has 2 aromatic rings. The lowest BCUT2D eigenvalue weighted by molar-refractivity contribution is -0.0525. The lowest BCUT2D eigenvalue weighted by Crippen LogP contribution is -2.91. The number of benzene rings is 2. The summed E-state index contributed by atoms with van der Waals surface area (Å²) in [7, 11) is -33.4. The Balaban J connectivity index is 1.08. The Hall–Kier alpha value is -0.305. The van der Waals surface area contributed by atoms with Crippen molar-refractivity contribution in [1.82, 2.24) is 0 Å². The maximum atomic E-state index is 9.03. The molecule has 0 radical (unpaired) electrons. The molecule has 410 valence electrons. The van der Waals surface area contributed by atoms with Crippen molar-refractivity contribution in [1.29, 1.82) is 0 Å². The molecule has 6 aliphatic heterocycles. The van der Waals surface area contributed by atoms with Crippen molar-refractivity contribution in [3.63, 3.8) is 0 Å². The average molecular weight is 1160 g/mol. The van der Waals surface area contributed by atoms with E-state index in [1.54, 1.807) is 0 Å². The molecule has 7 saturated carbocycles. The van der Waals surface area contributed by atoms with Crippen molar-refractivity contribution in [3.8, 4) is 11.1 Å². The molecule has 75 heavy (non-hydrogen) atoms. The molecule has 2 aromatic carbocycles. The van der Waals surface area contributed by atoms with E-state index in [1.807, 2.05) is 0 Å². The van der Waals surface area contributed by atoms with E-state index in [1.165, 1.54) is 67.2 Å². The van der Waals surface area contributed by atoms with Gasteiger partial charge in [-0.05, 0) is 112 Å². The predicted molar refractivity (Wildman–Crippen MR) is 301 cm³/mol. The SMILES string of the molecule is c1ccc2c(c1)-c1ccccc1C2[Si]12O[Si]3(C4CCCCC4)O[Si]4(C5CCCCC5)O[Si]5(C6CCCCC6)O[Si](C6CCCCC6)(O3)O[Si](C3CCCCC3)(O[Si](C3CCCCC3)(O5)O[Si](C3CCCCC3)(O4)O1)O2. The first-order valence-electron chi connectivity index (χ1n) is 31.4. The van der Waals surface area contributed by atoms with Crippen LogP contribution in [0.4, 0.5) is 0 Å². The minimum Gasteiger partial charge on any atom is -0.373 e. The minimum atomic E-state index is -4.44. The number of fused-ring (bicyclic) bond motifs is 3. The molecule has 12 nitrogen and oxygen atoms in total. The summed E-state index contributed by atoms with van der Waals surface area (Å²) in [5.41, 5.74) is 4.39. The first-order valence-corrected chi connectivity index (χ1v) is 45.8. The monoisotopic (exact) mass is 1160 g/mol. The van der Waals surface area contributed by atoms with Crippen molar-refractivity contribution in [3.05, 3.63) is 59.7 Å². The summed E-state index contributed by atoms with van der Waals surface area (Å²) in [6.07, 6.45) is 37.2. The van der Waals surface area contributed by atoms with Crippen LogP contribution in [0.25, 0.3) is 11.1 Å². The molecule has 0 aromatic heterocycles. The molecular weight excluding hydrogens is 1080 g/mol. The van der Waals surface area contributed by atoms with E-state index in [-0.39, 0.29) is 38.8 Å². The van der Waals surface area contributed by atoms with E-state index in [9.17, 15) is 0 Å². The van der Waals surface area contributed by atoms with E-state index in [0.717, 1.165) is 180 Å². The molecule has 0 N–H and O–H groups in total. The van der Waals surface area contributed by atoms with Gasteiger partial charge < -0.3 is 49.4 Å². The van der Waals surface area contributed by atoms with Gasteiger partial charge in [-0.15, -0.1) is 0 Å². The fourth-order valence-corrected chi connectivity index (χ4v) is 74.1. The molecule has 0 amide bonds. The number of rotatable bonds is 8. The highest BCUT2D eigenvalue weighted by atomic mass is 28.6. The highest BCUT2D eigenvalue weighted by Crippen LogP contribution is 2.67. The van der Waals surface area contributed by atoms with Crippen LogP contribution in [0, 0.1) is 0 Å². The second kappa shape index (κ2) is 20.2. The quantitative estimate of drug-likeness (QED) is 0.235. The maximum absolute atomic E-state index is 9.03. The smallest absolute Gasteiger partial charge is 0.373 e. The Morgan fingerprint density at radius 1 is 0.213 bits per heavy atom. The molecular formula is C55H86O12Si8. The zero-order valence-corrected chi connectivity index (χ0v) is 52.9. The van der Waals surface area contributed by atoms with Gasteiger partial charge in [0, 0.05) is 38.8 Å². The van der Waals surface area contributed by atoms with Gasteiger partial charge in [0.1, 0.15) is 0 Å². The summed E-state index contributed by atoms with van der Waals surface area (Å²) < 4.78 is 107. The third-order valence-electron chi connectivity index (χ3n) is 21.3. The Morgan fingerprint density at radius 3 is 0.587 bits per heavy atom. The second-order valence-electron chi connectivity index (χ2n) is 26.0. The van der Waals surface area contributed by atoms with Crippen LogP contribution in [0.3, 0.4) is 0 Å². The number of hydrogen-bond acceptors (Lipinski definition) is 12. The highest BCUT2D eigenvalue weighted by molar-refractivity contribution is 7.05. The molecule has 16 rings (SSSR count). The molecule has 6 heterocycles. The Labute approximate surface area is 456 Å². The standard InChI is InChI=1S/C55H86O12Si8/c1-8-26-44(27-9-1)68-56-69(45-28-10-2-11-29-45)59-72(48-34-16-5-17-35-48)61-70(57-68,46-30-12-3-13-31-46)63-74(50-38-20-7-21-39-50)64-71(58-68,47-32-14-4-15-33-47)62-73(60-69,49-36-18-6-19-37-49)66-75(65-72,67-74)55-53-42-24-22-40-51(53)52-41-23-25-43-54(52)55/h22-25,40-50,55H,1-21,26-39H2. The summed E-state index contributed by atoms with van der Waals surface area (Å²) in [6.45, 7) is 0. The Morgan fingerprint density at radius 2 is 0.387 bits per heavy atom. The van der Waals surface area contributed by atoms with Crippen molar-refractivity contribution in [2.75, 3.05) is 0 Å². The minimum absolute atomic E-state index is 0.0124. The first kappa shape index (κ1) is 51.6. The lowest BCUT2D eigenvalue weighted by Gasteiger charge is -2.68. The molecule has 6 saturated heterocycles. The van der Waals surface area contributed by atoms with E-state index in [0.29, 0.717) is 0 Å². The topological polar surface area (TPSA) is 111 Å². The summed E-state index contributed by atoms with van der Waals surface area (Å²) >= 11 is 0.